The third-order valence-corrected chi connectivity index (χ3v) is 4.39. The van der Waals surface area contributed by atoms with Crippen LogP contribution in [0.2, 0.25) is 0 Å². The molecule has 1 aromatic carbocycles. The molecule has 1 saturated heterocycles. The van der Waals surface area contributed by atoms with Crippen LogP contribution < -0.4 is 5.73 Å². The highest BCUT2D eigenvalue weighted by molar-refractivity contribution is 7.98. The number of benzene rings is 1. The number of thioether (sulfide) groups is 1. The number of amides is 1. The SMILES string of the molecule is CSc1ccccc1C(=O)N1CCC(N)C(C)C1.Cl. The third kappa shape index (κ3) is 3.65. The van der Waals surface area contributed by atoms with Gasteiger partial charge in [-0.2, -0.15) is 0 Å². The Morgan fingerprint density at radius 3 is 2.74 bits per heavy atom. The first-order chi connectivity index (χ1) is 8.63. The first-order valence-corrected chi connectivity index (χ1v) is 7.54. The van der Waals surface area contributed by atoms with Crippen LogP contribution in [0.15, 0.2) is 29.2 Å². The summed E-state index contributed by atoms with van der Waals surface area (Å²) >= 11 is 1.62. The molecule has 0 spiro atoms. The van der Waals surface area contributed by atoms with Gasteiger partial charge in [0.25, 0.3) is 5.91 Å². The van der Waals surface area contributed by atoms with Gasteiger partial charge in [-0.25, -0.2) is 0 Å². The molecule has 0 aliphatic carbocycles. The van der Waals surface area contributed by atoms with Crippen molar-refractivity contribution in [3.05, 3.63) is 29.8 Å². The summed E-state index contributed by atoms with van der Waals surface area (Å²) in [7, 11) is 0. The van der Waals surface area contributed by atoms with Crippen molar-refractivity contribution >= 4 is 30.1 Å². The standard InChI is InChI=1S/C14H20N2OS.ClH/c1-10-9-16(8-7-12(10)15)14(17)11-5-3-4-6-13(11)18-2;/h3-6,10,12H,7-9,15H2,1-2H3;1H. The molecule has 0 saturated carbocycles. The summed E-state index contributed by atoms with van der Waals surface area (Å²) in [6.07, 6.45) is 2.90. The Morgan fingerprint density at radius 1 is 1.42 bits per heavy atom. The van der Waals surface area contributed by atoms with Gasteiger partial charge in [0, 0.05) is 24.0 Å². The zero-order chi connectivity index (χ0) is 13.1. The molecular weight excluding hydrogens is 280 g/mol. The first-order valence-electron chi connectivity index (χ1n) is 6.31. The van der Waals surface area contributed by atoms with Crippen LogP contribution in [0.4, 0.5) is 0 Å². The van der Waals surface area contributed by atoms with Crippen molar-refractivity contribution < 1.29 is 4.79 Å². The fraction of sp³-hybridized carbons (Fsp3) is 0.500. The van der Waals surface area contributed by atoms with E-state index in [-0.39, 0.29) is 24.4 Å². The second-order valence-corrected chi connectivity index (χ2v) is 5.73. The van der Waals surface area contributed by atoms with Gasteiger partial charge in [0.15, 0.2) is 0 Å². The van der Waals surface area contributed by atoms with Crippen molar-refractivity contribution in [2.75, 3.05) is 19.3 Å². The monoisotopic (exact) mass is 300 g/mol. The van der Waals surface area contributed by atoms with E-state index in [9.17, 15) is 4.79 Å². The normalized spacial score (nSPS) is 22.8. The van der Waals surface area contributed by atoms with Crippen molar-refractivity contribution in [2.24, 2.45) is 11.7 Å². The Labute approximate surface area is 125 Å². The number of likely N-dealkylation sites (tertiary alicyclic amines) is 1. The fourth-order valence-electron chi connectivity index (χ4n) is 2.34. The molecule has 2 unspecified atom stereocenters. The van der Waals surface area contributed by atoms with Crippen molar-refractivity contribution in [1.82, 2.24) is 4.90 Å². The van der Waals surface area contributed by atoms with Gasteiger partial charge in [0.05, 0.1) is 5.56 Å². The molecule has 2 atom stereocenters. The Kier molecular flexibility index (Phi) is 6.17. The lowest BCUT2D eigenvalue weighted by Gasteiger charge is -2.35. The van der Waals surface area contributed by atoms with E-state index in [1.165, 1.54) is 0 Å². The number of nitrogens with zero attached hydrogens (tertiary/aromatic N) is 1. The van der Waals surface area contributed by atoms with Crippen LogP contribution in [-0.2, 0) is 0 Å². The molecule has 5 heteroatoms. The smallest absolute Gasteiger partial charge is 0.254 e. The van der Waals surface area contributed by atoms with Crippen LogP contribution in [-0.4, -0.2) is 36.2 Å². The van der Waals surface area contributed by atoms with Gasteiger partial charge >= 0.3 is 0 Å². The molecule has 0 aromatic heterocycles. The number of rotatable bonds is 2. The number of nitrogens with two attached hydrogens (primary N) is 1. The molecule has 1 aromatic rings. The molecule has 0 radical (unpaired) electrons. The van der Waals surface area contributed by atoms with E-state index >= 15 is 0 Å². The van der Waals surface area contributed by atoms with Gasteiger partial charge in [0.2, 0.25) is 0 Å². The molecule has 1 aliphatic rings. The maximum absolute atomic E-state index is 12.5. The average molecular weight is 301 g/mol. The summed E-state index contributed by atoms with van der Waals surface area (Å²) in [4.78, 5) is 15.5. The molecule has 2 rings (SSSR count). The minimum Gasteiger partial charge on any atom is -0.338 e. The summed E-state index contributed by atoms with van der Waals surface area (Å²) in [5.74, 6) is 0.517. The topological polar surface area (TPSA) is 46.3 Å². The minimum absolute atomic E-state index is 0. The Bertz CT molecular complexity index is 441. The number of halogens is 1. The van der Waals surface area contributed by atoms with Crippen LogP contribution in [0.5, 0.6) is 0 Å². The average Bonchev–Trinajstić information content (AvgIpc) is 2.41. The van der Waals surface area contributed by atoms with E-state index in [1.54, 1.807) is 11.8 Å². The zero-order valence-electron chi connectivity index (χ0n) is 11.3. The van der Waals surface area contributed by atoms with Crippen molar-refractivity contribution in [1.29, 1.82) is 0 Å². The van der Waals surface area contributed by atoms with E-state index < -0.39 is 0 Å². The van der Waals surface area contributed by atoms with Gasteiger partial charge in [-0.05, 0) is 30.7 Å². The molecule has 2 N–H and O–H groups in total. The molecule has 1 fully saturated rings. The molecule has 0 bridgehead atoms. The van der Waals surface area contributed by atoms with E-state index in [2.05, 4.69) is 6.92 Å². The number of hydrogen-bond donors (Lipinski definition) is 1. The van der Waals surface area contributed by atoms with E-state index in [0.29, 0.717) is 5.92 Å². The van der Waals surface area contributed by atoms with E-state index in [4.69, 9.17) is 5.73 Å². The minimum atomic E-state index is 0. The summed E-state index contributed by atoms with van der Waals surface area (Å²) in [5, 5.41) is 0. The van der Waals surface area contributed by atoms with Crippen LogP contribution in [0, 0.1) is 5.92 Å². The highest BCUT2D eigenvalue weighted by Gasteiger charge is 2.27. The predicted molar refractivity (Wildman–Crippen MR) is 83.1 cm³/mol. The maximum atomic E-state index is 12.5. The molecule has 1 aliphatic heterocycles. The Hall–Kier alpha value is -0.710. The van der Waals surface area contributed by atoms with Crippen LogP contribution in [0.1, 0.15) is 23.7 Å². The van der Waals surface area contributed by atoms with Crippen LogP contribution >= 0.6 is 24.2 Å². The highest BCUT2D eigenvalue weighted by atomic mass is 35.5. The van der Waals surface area contributed by atoms with Gasteiger partial charge in [0.1, 0.15) is 0 Å². The number of hydrogen-bond acceptors (Lipinski definition) is 3. The molecular formula is C14H21ClN2OS. The Morgan fingerprint density at radius 2 is 2.11 bits per heavy atom. The maximum Gasteiger partial charge on any atom is 0.254 e. The summed E-state index contributed by atoms with van der Waals surface area (Å²) in [6, 6.07) is 8.03. The summed E-state index contributed by atoms with van der Waals surface area (Å²) in [6.45, 7) is 3.65. The van der Waals surface area contributed by atoms with Crippen LogP contribution in [0.25, 0.3) is 0 Å². The predicted octanol–water partition coefficient (Wildman–Crippen LogP) is 2.64. The highest BCUT2D eigenvalue weighted by Crippen LogP contribution is 2.23. The van der Waals surface area contributed by atoms with Gasteiger partial charge in [-0.15, -0.1) is 24.2 Å². The molecule has 106 valence electrons. The molecule has 1 amide bonds. The molecule has 1 heterocycles. The molecule has 3 nitrogen and oxygen atoms in total. The van der Waals surface area contributed by atoms with Gasteiger partial charge in [-0.3, -0.25) is 4.79 Å². The summed E-state index contributed by atoms with van der Waals surface area (Å²) in [5.41, 5.74) is 6.81. The number of carbonyl (C=O) groups excluding carboxylic acids is 1. The first kappa shape index (κ1) is 16.3. The van der Waals surface area contributed by atoms with Crippen molar-refractivity contribution in [3.8, 4) is 0 Å². The molecule has 19 heavy (non-hydrogen) atoms. The second-order valence-electron chi connectivity index (χ2n) is 4.88. The zero-order valence-corrected chi connectivity index (χ0v) is 13.0. The van der Waals surface area contributed by atoms with Gasteiger partial charge in [-0.1, -0.05) is 19.1 Å². The van der Waals surface area contributed by atoms with E-state index in [0.717, 1.165) is 30.0 Å². The van der Waals surface area contributed by atoms with Gasteiger partial charge < -0.3 is 10.6 Å². The lowest BCUT2D eigenvalue weighted by Crippen LogP contribution is -2.48. The second kappa shape index (κ2) is 7.17. The quantitative estimate of drug-likeness (QED) is 0.854. The Balaban J connectivity index is 0.00000180. The third-order valence-electron chi connectivity index (χ3n) is 3.60. The lowest BCUT2D eigenvalue weighted by atomic mass is 9.94. The van der Waals surface area contributed by atoms with Crippen LogP contribution in [0.3, 0.4) is 0 Å². The van der Waals surface area contributed by atoms with E-state index in [1.807, 2.05) is 35.4 Å². The van der Waals surface area contributed by atoms with Crippen molar-refractivity contribution in [2.45, 2.75) is 24.3 Å². The van der Waals surface area contributed by atoms with Crippen molar-refractivity contribution in [3.63, 3.8) is 0 Å². The summed E-state index contributed by atoms with van der Waals surface area (Å²) < 4.78 is 0. The fourth-order valence-corrected chi connectivity index (χ4v) is 2.93. The number of piperidine rings is 1. The largest absolute Gasteiger partial charge is 0.338 e. The number of carbonyl (C=O) groups is 1. The lowest BCUT2D eigenvalue weighted by molar-refractivity contribution is 0.0660.